The summed E-state index contributed by atoms with van der Waals surface area (Å²) in [5.74, 6) is -0.810. The van der Waals surface area contributed by atoms with Gasteiger partial charge in [-0.25, -0.2) is 8.51 Å². The quantitative estimate of drug-likeness (QED) is 0.741. The molecule has 0 aliphatic carbocycles. The largest absolute Gasteiger partial charge is 0.279 e. The standard InChI is InChI=1S/C9H5Cl4NO2S/c10-8(11)7(15)14(17(16)9(8,12)13)6-4-2-1-3-5-6/h1-5H. The maximum atomic E-state index is 12.0. The fourth-order valence-electron chi connectivity index (χ4n) is 1.33. The summed E-state index contributed by atoms with van der Waals surface area (Å²) in [7, 11) is -2.07. The summed E-state index contributed by atoms with van der Waals surface area (Å²) in [6.07, 6.45) is 0. The van der Waals surface area contributed by atoms with E-state index in [2.05, 4.69) is 0 Å². The van der Waals surface area contributed by atoms with E-state index in [1.165, 1.54) is 0 Å². The van der Waals surface area contributed by atoms with E-state index in [4.69, 9.17) is 46.4 Å². The monoisotopic (exact) mass is 331 g/mol. The molecule has 17 heavy (non-hydrogen) atoms. The molecule has 0 spiro atoms. The number of alkyl halides is 4. The van der Waals surface area contributed by atoms with Gasteiger partial charge in [-0.15, -0.1) is 0 Å². The second kappa shape index (κ2) is 4.28. The normalized spacial score (nSPS) is 26.2. The van der Waals surface area contributed by atoms with E-state index in [1.807, 2.05) is 0 Å². The number of halogens is 4. The minimum Gasteiger partial charge on any atom is -0.270 e. The van der Waals surface area contributed by atoms with Crippen LogP contribution < -0.4 is 4.31 Å². The molecule has 1 fully saturated rings. The summed E-state index contributed by atoms with van der Waals surface area (Å²) in [6, 6.07) is 8.25. The van der Waals surface area contributed by atoms with Gasteiger partial charge in [-0.1, -0.05) is 64.6 Å². The first-order valence-electron chi connectivity index (χ1n) is 4.37. The van der Waals surface area contributed by atoms with Crippen molar-refractivity contribution in [2.75, 3.05) is 4.31 Å². The summed E-state index contributed by atoms with van der Waals surface area (Å²) < 4.78 is 8.70. The van der Waals surface area contributed by atoms with Crippen LogP contribution in [0.1, 0.15) is 0 Å². The molecule has 1 aromatic rings. The SMILES string of the molecule is O=C1N(c2ccccc2)S(=O)C(Cl)(Cl)C1(Cl)Cl. The second-order valence-corrected chi connectivity index (χ2v) is 7.85. The van der Waals surface area contributed by atoms with Crippen LogP contribution in [0, 0.1) is 0 Å². The highest BCUT2D eigenvalue weighted by Gasteiger charge is 2.68. The third kappa shape index (κ3) is 1.87. The van der Waals surface area contributed by atoms with E-state index < -0.39 is 24.9 Å². The Morgan fingerprint density at radius 2 is 1.59 bits per heavy atom. The highest BCUT2D eigenvalue weighted by atomic mass is 35.5. The van der Waals surface area contributed by atoms with Gasteiger partial charge < -0.3 is 0 Å². The van der Waals surface area contributed by atoms with Crippen molar-refractivity contribution in [3.63, 3.8) is 0 Å². The topological polar surface area (TPSA) is 37.4 Å². The Morgan fingerprint density at radius 3 is 2.00 bits per heavy atom. The number of carbonyl (C=O) groups is 1. The van der Waals surface area contributed by atoms with Crippen LogP contribution in [0.2, 0.25) is 0 Å². The molecular formula is C9H5Cl4NO2S. The van der Waals surface area contributed by atoms with Gasteiger partial charge in [-0.2, -0.15) is 0 Å². The zero-order valence-electron chi connectivity index (χ0n) is 8.07. The summed E-state index contributed by atoms with van der Waals surface area (Å²) in [6.45, 7) is 0. The van der Waals surface area contributed by atoms with Gasteiger partial charge in [-0.05, 0) is 12.1 Å². The van der Waals surface area contributed by atoms with Crippen LogP contribution in [0.25, 0.3) is 0 Å². The first kappa shape index (κ1) is 13.4. The zero-order valence-corrected chi connectivity index (χ0v) is 11.9. The van der Waals surface area contributed by atoms with E-state index >= 15 is 0 Å². The first-order valence-corrected chi connectivity index (χ1v) is 6.99. The summed E-state index contributed by atoms with van der Waals surface area (Å²) >= 11 is 23.1. The Balaban J connectivity index is 2.53. The maximum absolute atomic E-state index is 12.0. The van der Waals surface area contributed by atoms with Crippen LogP contribution in [0.15, 0.2) is 30.3 Å². The summed E-state index contributed by atoms with van der Waals surface area (Å²) in [4.78, 5) is 12.0. The molecule has 0 N–H and O–H groups in total. The van der Waals surface area contributed by atoms with Crippen LogP contribution >= 0.6 is 46.4 Å². The molecule has 1 unspecified atom stereocenters. The molecular weight excluding hydrogens is 328 g/mol. The van der Waals surface area contributed by atoms with Crippen LogP contribution in [-0.2, 0) is 15.8 Å². The van der Waals surface area contributed by atoms with Crippen molar-refractivity contribution in [1.82, 2.24) is 0 Å². The number of nitrogens with zero attached hydrogens (tertiary/aromatic N) is 1. The Morgan fingerprint density at radius 1 is 1.06 bits per heavy atom. The molecule has 1 aromatic carbocycles. The molecule has 3 nitrogen and oxygen atoms in total. The van der Waals surface area contributed by atoms with Gasteiger partial charge >= 0.3 is 0 Å². The third-order valence-electron chi connectivity index (χ3n) is 2.19. The number of rotatable bonds is 1. The minimum absolute atomic E-state index is 0.365. The van der Waals surface area contributed by atoms with Crippen LogP contribution in [0.5, 0.6) is 0 Å². The Labute approximate surface area is 120 Å². The predicted molar refractivity (Wildman–Crippen MR) is 70.9 cm³/mol. The van der Waals surface area contributed by atoms with Gasteiger partial charge in [0.15, 0.2) is 11.0 Å². The molecule has 1 saturated heterocycles. The van der Waals surface area contributed by atoms with Crippen molar-refractivity contribution in [2.45, 2.75) is 8.00 Å². The van der Waals surface area contributed by atoms with Gasteiger partial charge in [0.1, 0.15) is 0 Å². The first-order chi connectivity index (χ1) is 7.80. The molecule has 0 aromatic heterocycles. The van der Waals surface area contributed by atoms with E-state index in [9.17, 15) is 9.00 Å². The number of amides is 1. The van der Waals surface area contributed by atoms with Crippen molar-refractivity contribution in [1.29, 1.82) is 0 Å². The highest BCUT2D eigenvalue weighted by molar-refractivity contribution is 7.92. The number of anilines is 1. The lowest BCUT2D eigenvalue weighted by molar-refractivity contribution is -0.117. The average molecular weight is 333 g/mol. The lowest BCUT2D eigenvalue weighted by Crippen LogP contribution is -2.37. The van der Waals surface area contributed by atoms with E-state index in [1.54, 1.807) is 30.3 Å². The Bertz CT molecular complexity index is 465. The van der Waals surface area contributed by atoms with Crippen molar-refractivity contribution < 1.29 is 9.00 Å². The minimum atomic E-state index is -2.14. The number of hydrogen-bond acceptors (Lipinski definition) is 2. The van der Waals surface area contributed by atoms with Gasteiger partial charge in [0, 0.05) is 0 Å². The van der Waals surface area contributed by atoms with Crippen molar-refractivity contribution in [2.24, 2.45) is 0 Å². The Hall–Kier alpha value is -0.000000000000000111. The van der Waals surface area contributed by atoms with Crippen molar-refractivity contribution in [3.05, 3.63) is 30.3 Å². The molecule has 0 bridgehead atoms. The average Bonchev–Trinajstić information content (AvgIpc) is 2.40. The molecule has 8 heteroatoms. The summed E-state index contributed by atoms with van der Waals surface area (Å²) in [5.41, 5.74) is 0.365. The molecule has 1 amide bonds. The van der Waals surface area contributed by atoms with Gasteiger partial charge in [0.2, 0.25) is 4.33 Å². The van der Waals surface area contributed by atoms with Crippen molar-refractivity contribution >= 4 is 69.0 Å². The fourth-order valence-corrected chi connectivity index (χ4v) is 3.71. The lowest BCUT2D eigenvalue weighted by atomic mass is 10.3. The fraction of sp³-hybridized carbons (Fsp3) is 0.222. The lowest BCUT2D eigenvalue weighted by Gasteiger charge is -2.18. The zero-order chi connectivity index (χ0) is 12.8. The molecule has 1 aliphatic heterocycles. The van der Waals surface area contributed by atoms with E-state index in [-0.39, 0.29) is 0 Å². The third-order valence-corrected chi connectivity index (χ3v) is 6.51. The van der Waals surface area contributed by atoms with E-state index in [0.29, 0.717) is 5.69 Å². The number of carbonyl (C=O) groups excluding carboxylic acids is 1. The molecule has 2 rings (SSSR count). The van der Waals surface area contributed by atoms with Crippen molar-refractivity contribution in [3.8, 4) is 0 Å². The number of para-hydroxylation sites is 1. The summed E-state index contributed by atoms with van der Waals surface area (Å²) in [5, 5.41) is 0. The van der Waals surface area contributed by atoms with Gasteiger partial charge in [-0.3, -0.25) is 4.79 Å². The Kier molecular flexibility index (Phi) is 3.38. The molecule has 0 radical (unpaired) electrons. The van der Waals surface area contributed by atoms with E-state index in [0.717, 1.165) is 4.31 Å². The molecule has 0 saturated carbocycles. The smallest absolute Gasteiger partial charge is 0.270 e. The molecule has 1 aliphatic rings. The van der Waals surface area contributed by atoms with Crippen LogP contribution in [0.4, 0.5) is 5.69 Å². The second-order valence-electron chi connectivity index (χ2n) is 3.28. The number of benzene rings is 1. The number of hydrogen-bond donors (Lipinski definition) is 0. The van der Waals surface area contributed by atoms with Gasteiger partial charge in [0.25, 0.3) is 9.57 Å². The molecule has 1 atom stereocenters. The van der Waals surface area contributed by atoms with Crippen LogP contribution in [-0.4, -0.2) is 18.1 Å². The highest BCUT2D eigenvalue weighted by Crippen LogP contribution is 2.53. The maximum Gasteiger partial charge on any atom is 0.279 e. The van der Waals surface area contributed by atoms with Gasteiger partial charge in [0.05, 0.1) is 5.69 Å². The molecule has 92 valence electrons. The van der Waals surface area contributed by atoms with Crippen LogP contribution in [0.3, 0.4) is 0 Å². The predicted octanol–water partition coefficient (Wildman–Crippen LogP) is 3.00. The molecule has 1 heterocycles.